The lowest BCUT2D eigenvalue weighted by molar-refractivity contribution is -0.272. The molecule has 0 radical (unpaired) electrons. The fourth-order valence-corrected chi connectivity index (χ4v) is 5.05. The molecule has 0 aliphatic carbocycles. The molecule has 3 heterocycles. The monoisotopic (exact) mass is 340 g/mol. The third-order valence-corrected chi connectivity index (χ3v) is 6.19. The zero-order chi connectivity index (χ0) is 17.8. The van der Waals surface area contributed by atoms with Gasteiger partial charge in [0, 0.05) is 16.7 Å². The van der Waals surface area contributed by atoms with Crippen molar-refractivity contribution in [1.29, 1.82) is 21.2 Å². The second-order valence-corrected chi connectivity index (χ2v) is 7.63. The highest BCUT2D eigenvalue weighted by Crippen LogP contribution is 2.67. The first-order valence-corrected chi connectivity index (χ1v) is 8.42. The third-order valence-electron chi connectivity index (χ3n) is 5.14. The molecule has 3 rings (SSSR count). The van der Waals surface area contributed by atoms with E-state index in [4.69, 9.17) is 14.9 Å². The van der Waals surface area contributed by atoms with Crippen molar-refractivity contribution >= 4 is 17.2 Å². The molecule has 0 spiro atoms. The highest BCUT2D eigenvalue weighted by atomic mass is 32.1. The Kier molecular flexibility index (Phi) is 3.46. The van der Waals surface area contributed by atoms with E-state index >= 15 is 0 Å². The van der Waals surface area contributed by atoms with E-state index < -0.39 is 28.6 Å². The maximum absolute atomic E-state index is 10.00. The highest BCUT2D eigenvalue weighted by Gasteiger charge is 2.79. The molecule has 2 bridgehead atoms. The number of hydrogen-bond donors (Lipinski definition) is 1. The normalized spacial score (nSPS) is 36.2. The Morgan fingerprint density at radius 3 is 2.38 bits per heavy atom. The first-order chi connectivity index (χ1) is 11.3. The van der Waals surface area contributed by atoms with Crippen LogP contribution in [-0.4, -0.2) is 11.7 Å². The average Bonchev–Trinajstić information content (AvgIpc) is 3.05. The van der Waals surface area contributed by atoms with Crippen molar-refractivity contribution in [3.8, 4) is 18.2 Å². The molecule has 2 saturated heterocycles. The molecule has 2 aliphatic rings. The number of rotatable bonds is 2. The van der Waals surface area contributed by atoms with Crippen LogP contribution in [0.5, 0.6) is 0 Å². The number of fused-ring (bicyclic) bond motifs is 2. The zero-order valence-corrected chi connectivity index (χ0v) is 14.4. The van der Waals surface area contributed by atoms with Crippen molar-refractivity contribution in [2.75, 3.05) is 0 Å². The Balaban J connectivity index is 2.34. The standard InChI is InChI=1S/C17H16N4O2S/c1-4-12-15(3)22-13(11-6-5-10(2)24-11)16(7-18,8-19)17(12,9-20)14(21)23-15/h5-6,12-13,21H,4H2,1-3H3. The molecule has 6 nitrogen and oxygen atoms in total. The summed E-state index contributed by atoms with van der Waals surface area (Å²) < 4.78 is 11.7. The Morgan fingerprint density at radius 2 is 1.92 bits per heavy atom. The molecule has 7 heteroatoms. The predicted octanol–water partition coefficient (Wildman–Crippen LogP) is 3.42. The average molecular weight is 340 g/mol. The van der Waals surface area contributed by atoms with Crippen LogP contribution in [0.25, 0.3) is 0 Å². The third kappa shape index (κ3) is 1.62. The van der Waals surface area contributed by atoms with Crippen LogP contribution in [-0.2, 0) is 9.47 Å². The van der Waals surface area contributed by atoms with Gasteiger partial charge < -0.3 is 9.47 Å². The molecule has 24 heavy (non-hydrogen) atoms. The number of nitrogens with zero attached hydrogens (tertiary/aromatic N) is 3. The molecule has 1 N–H and O–H groups in total. The number of thiophene rings is 1. The summed E-state index contributed by atoms with van der Waals surface area (Å²) in [5, 5.41) is 38.2. The highest BCUT2D eigenvalue weighted by molar-refractivity contribution is 7.12. The lowest BCUT2D eigenvalue weighted by atomic mass is 9.53. The van der Waals surface area contributed by atoms with Crippen molar-refractivity contribution in [3.63, 3.8) is 0 Å². The van der Waals surface area contributed by atoms with Crippen molar-refractivity contribution in [1.82, 2.24) is 0 Å². The number of nitriles is 3. The van der Waals surface area contributed by atoms with Gasteiger partial charge in [0.2, 0.25) is 17.1 Å². The number of hydrogen-bond acceptors (Lipinski definition) is 7. The molecule has 0 saturated carbocycles. The second kappa shape index (κ2) is 5.05. The van der Waals surface area contributed by atoms with Crippen LogP contribution in [0.15, 0.2) is 12.1 Å². The molecule has 4 unspecified atom stereocenters. The van der Waals surface area contributed by atoms with E-state index in [2.05, 4.69) is 6.07 Å². The largest absolute Gasteiger partial charge is 0.448 e. The van der Waals surface area contributed by atoms with Crippen LogP contribution >= 0.6 is 11.3 Å². The summed E-state index contributed by atoms with van der Waals surface area (Å²) in [4.78, 5) is 1.70. The summed E-state index contributed by atoms with van der Waals surface area (Å²) in [7, 11) is 0. The van der Waals surface area contributed by atoms with Crippen LogP contribution in [0.3, 0.4) is 0 Å². The molecule has 2 fully saturated rings. The number of ether oxygens (including phenoxy) is 2. The van der Waals surface area contributed by atoms with Crippen molar-refractivity contribution in [3.05, 3.63) is 21.9 Å². The van der Waals surface area contributed by atoms with Gasteiger partial charge in [0.15, 0.2) is 5.41 Å². The van der Waals surface area contributed by atoms with Gasteiger partial charge in [0.25, 0.3) is 0 Å². The lowest BCUT2D eigenvalue weighted by Crippen LogP contribution is -2.58. The lowest BCUT2D eigenvalue weighted by Gasteiger charge is -2.48. The summed E-state index contributed by atoms with van der Waals surface area (Å²) in [6.45, 7) is 5.44. The molecular formula is C17H16N4O2S. The van der Waals surface area contributed by atoms with Crippen molar-refractivity contribution < 1.29 is 9.47 Å². The van der Waals surface area contributed by atoms with Gasteiger partial charge in [-0.15, -0.1) is 11.3 Å². The van der Waals surface area contributed by atoms with E-state index in [9.17, 15) is 15.8 Å². The Hall–Kier alpha value is -2.40. The molecule has 0 amide bonds. The van der Waals surface area contributed by atoms with Crippen LogP contribution in [0.4, 0.5) is 0 Å². The summed E-state index contributed by atoms with van der Waals surface area (Å²) in [6, 6.07) is 9.86. The maximum Gasteiger partial charge on any atom is 0.214 e. The van der Waals surface area contributed by atoms with Crippen LogP contribution in [0.1, 0.15) is 36.1 Å². The molecular weight excluding hydrogens is 324 g/mol. The minimum Gasteiger partial charge on any atom is -0.448 e. The van der Waals surface area contributed by atoms with Crippen molar-refractivity contribution in [2.45, 2.75) is 39.1 Å². The molecule has 0 aromatic carbocycles. The fourth-order valence-electron chi connectivity index (χ4n) is 4.07. The Labute approximate surface area is 144 Å². The van der Waals surface area contributed by atoms with E-state index in [0.717, 1.165) is 4.88 Å². The quantitative estimate of drug-likeness (QED) is 0.886. The van der Waals surface area contributed by atoms with Gasteiger partial charge in [0.1, 0.15) is 6.10 Å². The van der Waals surface area contributed by atoms with Crippen LogP contribution in [0.2, 0.25) is 0 Å². The summed E-state index contributed by atoms with van der Waals surface area (Å²) >= 11 is 1.41. The van der Waals surface area contributed by atoms with Gasteiger partial charge in [-0.1, -0.05) is 6.92 Å². The molecule has 122 valence electrons. The van der Waals surface area contributed by atoms with Crippen molar-refractivity contribution in [2.24, 2.45) is 16.7 Å². The van der Waals surface area contributed by atoms with E-state index in [1.54, 1.807) is 13.0 Å². The smallest absolute Gasteiger partial charge is 0.214 e. The summed E-state index contributed by atoms with van der Waals surface area (Å²) in [5.74, 6) is -2.13. The van der Waals surface area contributed by atoms with Gasteiger partial charge in [-0.05, 0) is 25.5 Å². The van der Waals surface area contributed by atoms with Crippen LogP contribution in [0, 0.1) is 63.1 Å². The first-order valence-electron chi connectivity index (χ1n) is 7.61. The topological polar surface area (TPSA) is 114 Å². The molecule has 1 aromatic heterocycles. The van der Waals surface area contributed by atoms with Gasteiger partial charge in [-0.3, -0.25) is 5.41 Å². The summed E-state index contributed by atoms with van der Waals surface area (Å²) in [5.41, 5.74) is -3.49. The number of nitrogens with one attached hydrogen (secondary N) is 1. The van der Waals surface area contributed by atoms with Gasteiger partial charge in [-0.2, -0.15) is 15.8 Å². The second-order valence-electron chi connectivity index (χ2n) is 6.31. The minimum atomic E-state index is -1.84. The van der Waals surface area contributed by atoms with E-state index in [1.807, 2.05) is 32.1 Å². The van der Waals surface area contributed by atoms with Gasteiger partial charge >= 0.3 is 0 Å². The predicted molar refractivity (Wildman–Crippen MR) is 85.6 cm³/mol. The maximum atomic E-state index is 10.00. The fraction of sp³-hybridized carbons (Fsp3) is 0.529. The Morgan fingerprint density at radius 1 is 1.25 bits per heavy atom. The minimum absolute atomic E-state index is 0.349. The zero-order valence-electron chi connectivity index (χ0n) is 13.6. The molecule has 1 aromatic rings. The first kappa shape index (κ1) is 16.5. The SMILES string of the molecule is CCC1C2(C)OC(=N)C1(C#N)C(C#N)(C#N)C(c1ccc(C)s1)O2. The van der Waals surface area contributed by atoms with Gasteiger partial charge in [-0.25, -0.2) is 0 Å². The van der Waals surface area contributed by atoms with Crippen LogP contribution < -0.4 is 0 Å². The molecule has 4 atom stereocenters. The Bertz CT molecular complexity index is 828. The number of aryl methyl sites for hydroxylation is 1. The van der Waals surface area contributed by atoms with E-state index in [0.29, 0.717) is 11.3 Å². The summed E-state index contributed by atoms with van der Waals surface area (Å²) in [6.07, 6.45) is -0.491. The van der Waals surface area contributed by atoms with E-state index in [-0.39, 0.29) is 5.90 Å². The van der Waals surface area contributed by atoms with E-state index in [1.165, 1.54) is 11.3 Å². The van der Waals surface area contributed by atoms with Gasteiger partial charge in [0.05, 0.1) is 24.1 Å². The molecule has 2 aliphatic heterocycles.